The Morgan fingerprint density at radius 2 is 1.79 bits per heavy atom. The highest BCUT2D eigenvalue weighted by Crippen LogP contribution is 2.23. The van der Waals surface area contributed by atoms with Gasteiger partial charge in [0.05, 0.1) is 11.4 Å². The molecular weight excluding hydrogens is 300 g/mol. The van der Waals surface area contributed by atoms with E-state index in [2.05, 4.69) is 65.1 Å². The van der Waals surface area contributed by atoms with Crippen molar-refractivity contribution in [2.75, 3.05) is 24.2 Å². The van der Waals surface area contributed by atoms with Crippen LogP contribution in [0.4, 0.5) is 11.4 Å². The number of halogens is 1. The van der Waals surface area contributed by atoms with Gasteiger partial charge in [0.1, 0.15) is 0 Å². The van der Waals surface area contributed by atoms with Crippen molar-refractivity contribution in [2.45, 2.75) is 13.3 Å². The highest BCUT2D eigenvalue weighted by atomic mass is 79.9. The van der Waals surface area contributed by atoms with Crippen molar-refractivity contribution >= 4 is 27.3 Å². The van der Waals surface area contributed by atoms with Gasteiger partial charge < -0.3 is 10.6 Å². The number of hydrogen-bond donors (Lipinski definition) is 1. The number of nitrogens with zero attached hydrogens (tertiary/aromatic N) is 1. The molecule has 0 radical (unpaired) electrons. The van der Waals surface area contributed by atoms with Crippen LogP contribution in [0.5, 0.6) is 0 Å². The second kappa shape index (κ2) is 6.11. The highest BCUT2D eigenvalue weighted by molar-refractivity contribution is 9.10. The third kappa shape index (κ3) is 3.74. The van der Waals surface area contributed by atoms with Gasteiger partial charge in [0, 0.05) is 18.1 Å². The monoisotopic (exact) mass is 318 g/mol. The number of hydrogen-bond acceptors (Lipinski definition) is 2. The van der Waals surface area contributed by atoms with Gasteiger partial charge in [0.2, 0.25) is 0 Å². The Morgan fingerprint density at radius 3 is 2.47 bits per heavy atom. The van der Waals surface area contributed by atoms with Gasteiger partial charge >= 0.3 is 0 Å². The van der Waals surface area contributed by atoms with E-state index in [4.69, 9.17) is 5.73 Å². The van der Waals surface area contributed by atoms with Crippen LogP contribution in [0, 0.1) is 6.92 Å². The normalized spacial score (nSPS) is 10.5. The van der Waals surface area contributed by atoms with E-state index in [0.29, 0.717) is 0 Å². The zero-order valence-corrected chi connectivity index (χ0v) is 12.9. The molecule has 2 aromatic rings. The van der Waals surface area contributed by atoms with E-state index in [9.17, 15) is 0 Å². The number of aryl methyl sites for hydroxylation is 1. The van der Waals surface area contributed by atoms with Gasteiger partial charge in [0.25, 0.3) is 0 Å². The summed E-state index contributed by atoms with van der Waals surface area (Å²) in [4.78, 5) is 2.21. The number of likely N-dealkylation sites (N-methyl/N-ethyl adjacent to an activating group) is 1. The summed E-state index contributed by atoms with van der Waals surface area (Å²) in [7, 11) is 2.09. The molecular formula is C16H19BrN2. The second-order valence-corrected chi connectivity index (χ2v) is 5.78. The molecule has 0 amide bonds. The van der Waals surface area contributed by atoms with Crippen LogP contribution in [-0.2, 0) is 6.42 Å². The van der Waals surface area contributed by atoms with E-state index in [1.165, 1.54) is 11.1 Å². The zero-order valence-electron chi connectivity index (χ0n) is 11.4. The van der Waals surface area contributed by atoms with Crippen molar-refractivity contribution in [1.82, 2.24) is 0 Å². The Kier molecular flexibility index (Phi) is 4.48. The van der Waals surface area contributed by atoms with E-state index in [-0.39, 0.29) is 0 Å². The fourth-order valence-corrected chi connectivity index (χ4v) is 2.32. The maximum absolute atomic E-state index is 6.03. The third-order valence-electron chi connectivity index (χ3n) is 3.25. The molecule has 0 aliphatic carbocycles. The first kappa shape index (κ1) is 13.9. The number of rotatable bonds is 4. The minimum absolute atomic E-state index is 0.837. The van der Waals surface area contributed by atoms with Crippen molar-refractivity contribution in [1.29, 1.82) is 0 Å². The summed E-state index contributed by atoms with van der Waals surface area (Å²) in [5.74, 6) is 0. The molecule has 0 saturated carbocycles. The van der Waals surface area contributed by atoms with E-state index in [1.807, 2.05) is 12.1 Å². The number of benzene rings is 2. The first-order chi connectivity index (χ1) is 9.06. The lowest BCUT2D eigenvalue weighted by molar-refractivity contribution is 0.877. The van der Waals surface area contributed by atoms with Gasteiger partial charge in [-0.05, 0) is 48.7 Å². The first-order valence-electron chi connectivity index (χ1n) is 6.38. The molecule has 0 fully saturated rings. The molecule has 3 heteroatoms. The highest BCUT2D eigenvalue weighted by Gasteiger charge is 2.05. The summed E-state index contributed by atoms with van der Waals surface area (Å²) >= 11 is 3.45. The van der Waals surface area contributed by atoms with Gasteiger partial charge in [-0.25, -0.2) is 0 Å². The Labute approximate surface area is 123 Å². The maximum Gasteiger partial charge on any atom is 0.0600 e. The summed E-state index contributed by atoms with van der Waals surface area (Å²) in [5, 5.41) is 0. The third-order valence-corrected chi connectivity index (χ3v) is 3.77. The second-order valence-electron chi connectivity index (χ2n) is 4.86. The molecule has 0 heterocycles. The lowest BCUT2D eigenvalue weighted by atomic mass is 10.1. The largest absolute Gasteiger partial charge is 0.397 e. The summed E-state index contributed by atoms with van der Waals surface area (Å²) in [6.45, 7) is 3.04. The molecule has 0 unspecified atom stereocenters. The van der Waals surface area contributed by atoms with E-state index in [0.717, 1.165) is 28.8 Å². The summed E-state index contributed by atoms with van der Waals surface area (Å²) in [6.07, 6.45) is 1.01. The van der Waals surface area contributed by atoms with Crippen LogP contribution in [0.25, 0.3) is 0 Å². The number of nitrogen functional groups attached to an aromatic ring is 1. The van der Waals surface area contributed by atoms with Crippen LogP contribution in [0.3, 0.4) is 0 Å². The molecule has 0 saturated heterocycles. The van der Waals surface area contributed by atoms with E-state index < -0.39 is 0 Å². The molecule has 2 rings (SSSR count). The van der Waals surface area contributed by atoms with E-state index >= 15 is 0 Å². The molecule has 19 heavy (non-hydrogen) atoms. The van der Waals surface area contributed by atoms with Gasteiger partial charge in [0.15, 0.2) is 0 Å². The van der Waals surface area contributed by atoms with Gasteiger partial charge in [-0.15, -0.1) is 0 Å². The van der Waals surface area contributed by atoms with Crippen molar-refractivity contribution < 1.29 is 0 Å². The summed E-state index contributed by atoms with van der Waals surface area (Å²) in [5.41, 5.74) is 10.5. The Bertz CT molecular complexity index is 549. The van der Waals surface area contributed by atoms with Crippen molar-refractivity contribution in [2.24, 2.45) is 0 Å². The number of anilines is 2. The number of nitrogens with two attached hydrogens (primary N) is 1. The summed E-state index contributed by atoms with van der Waals surface area (Å²) < 4.78 is 1.12. The molecule has 0 bridgehead atoms. The molecule has 0 aliphatic heterocycles. The minimum Gasteiger partial charge on any atom is -0.397 e. The lowest BCUT2D eigenvalue weighted by Gasteiger charge is -2.21. The average Bonchev–Trinajstić information content (AvgIpc) is 2.40. The van der Waals surface area contributed by atoms with Crippen LogP contribution in [0.1, 0.15) is 11.1 Å². The molecule has 0 aliphatic rings. The molecule has 0 aromatic heterocycles. The van der Waals surface area contributed by atoms with Crippen LogP contribution < -0.4 is 10.6 Å². The smallest absolute Gasteiger partial charge is 0.0600 e. The van der Waals surface area contributed by atoms with E-state index in [1.54, 1.807) is 0 Å². The molecule has 2 N–H and O–H groups in total. The SMILES string of the molecule is Cc1ccc(N)c(N(C)CCc2ccc(Br)cc2)c1. The Morgan fingerprint density at radius 1 is 1.11 bits per heavy atom. The van der Waals surface area contributed by atoms with Crippen molar-refractivity contribution in [3.8, 4) is 0 Å². The Hall–Kier alpha value is -1.48. The van der Waals surface area contributed by atoms with Crippen LogP contribution >= 0.6 is 15.9 Å². The lowest BCUT2D eigenvalue weighted by Crippen LogP contribution is -2.21. The first-order valence-corrected chi connectivity index (χ1v) is 7.17. The van der Waals surface area contributed by atoms with Crippen molar-refractivity contribution in [3.63, 3.8) is 0 Å². The maximum atomic E-state index is 6.03. The fraction of sp³-hybridized carbons (Fsp3) is 0.250. The van der Waals surface area contributed by atoms with Crippen LogP contribution in [-0.4, -0.2) is 13.6 Å². The van der Waals surface area contributed by atoms with Crippen LogP contribution in [0.2, 0.25) is 0 Å². The molecule has 100 valence electrons. The quantitative estimate of drug-likeness (QED) is 0.863. The van der Waals surface area contributed by atoms with Crippen molar-refractivity contribution in [3.05, 3.63) is 58.1 Å². The summed E-state index contributed by atoms with van der Waals surface area (Å²) in [6, 6.07) is 14.6. The molecule has 2 aromatic carbocycles. The molecule has 0 atom stereocenters. The average molecular weight is 319 g/mol. The van der Waals surface area contributed by atoms with Gasteiger partial charge in [-0.2, -0.15) is 0 Å². The molecule has 0 spiro atoms. The predicted octanol–water partition coefficient (Wildman–Crippen LogP) is 4.02. The van der Waals surface area contributed by atoms with Gasteiger partial charge in [-0.3, -0.25) is 0 Å². The topological polar surface area (TPSA) is 29.3 Å². The Balaban J connectivity index is 2.03. The predicted molar refractivity (Wildman–Crippen MR) is 86.7 cm³/mol. The van der Waals surface area contributed by atoms with Gasteiger partial charge in [-0.1, -0.05) is 34.1 Å². The fourth-order valence-electron chi connectivity index (χ4n) is 2.05. The van der Waals surface area contributed by atoms with Crippen LogP contribution in [0.15, 0.2) is 46.9 Å². The standard InChI is InChI=1S/C16H19BrN2/c1-12-3-8-15(18)16(11-12)19(2)10-9-13-4-6-14(17)7-5-13/h3-8,11H,9-10,18H2,1-2H3. The molecule has 2 nitrogen and oxygen atoms in total. The minimum atomic E-state index is 0.837. The zero-order chi connectivity index (χ0) is 13.8.